The van der Waals surface area contributed by atoms with Crippen molar-refractivity contribution in [1.29, 1.82) is 0 Å². The first-order valence-electron chi connectivity index (χ1n) is 5.83. The molecule has 1 aliphatic carbocycles. The van der Waals surface area contributed by atoms with Gasteiger partial charge >= 0.3 is 0 Å². The molecule has 0 unspecified atom stereocenters. The SMILES string of the molecule is NCC1(C(=O)NCC2CCCC2)COC1. The molecule has 0 bridgehead atoms. The van der Waals surface area contributed by atoms with Crippen molar-refractivity contribution in [2.45, 2.75) is 25.7 Å². The first-order chi connectivity index (χ1) is 7.27. The van der Waals surface area contributed by atoms with E-state index in [2.05, 4.69) is 5.32 Å². The molecule has 4 nitrogen and oxygen atoms in total. The summed E-state index contributed by atoms with van der Waals surface area (Å²) in [6, 6.07) is 0. The highest BCUT2D eigenvalue weighted by Gasteiger charge is 2.44. The molecule has 2 aliphatic rings. The van der Waals surface area contributed by atoms with Crippen LogP contribution in [0.1, 0.15) is 25.7 Å². The molecule has 2 rings (SSSR count). The highest BCUT2D eigenvalue weighted by atomic mass is 16.5. The molecule has 1 heterocycles. The highest BCUT2D eigenvalue weighted by molar-refractivity contribution is 5.84. The molecule has 0 aromatic rings. The van der Waals surface area contributed by atoms with Gasteiger partial charge in [0.1, 0.15) is 5.41 Å². The maximum absolute atomic E-state index is 11.9. The van der Waals surface area contributed by atoms with Gasteiger partial charge in [0.15, 0.2) is 0 Å². The van der Waals surface area contributed by atoms with Crippen LogP contribution in [0.15, 0.2) is 0 Å². The fraction of sp³-hybridized carbons (Fsp3) is 0.909. The summed E-state index contributed by atoms with van der Waals surface area (Å²) in [7, 11) is 0. The molecule has 86 valence electrons. The van der Waals surface area contributed by atoms with Gasteiger partial charge < -0.3 is 15.8 Å². The maximum Gasteiger partial charge on any atom is 0.232 e. The quantitative estimate of drug-likeness (QED) is 0.703. The minimum Gasteiger partial charge on any atom is -0.379 e. The summed E-state index contributed by atoms with van der Waals surface area (Å²) >= 11 is 0. The third kappa shape index (κ3) is 2.16. The molecule has 1 aliphatic heterocycles. The molecule has 4 heteroatoms. The molecule has 2 fully saturated rings. The smallest absolute Gasteiger partial charge is 0.232 e. The Morgan fingerprint density at radius 2 is 2.07 bits per heavy atom. The zero-order chi connectivity index (χ0) is 10.7. The lowest BCUT2D eigenvalue weighted by molar-refractivity contribution is -0.159. The number of amides is 1. The Labute approximate surface area is 90.5 Å². The zero-order valence-corrected chi connectivity index (χ0v) is 9.13. The third-order valence-electron chi connectivity index (χ3n) is 3.66. The van der Waals surface area contributed by atoms with Crippen molar-refractivity contribution in [3.8, 4) is 0 Å². The monoisotopic (exact) mass is 212 g/mol. The van der Waals surface area contributed by atoms with Gasteiger partial charge in [-0.25, -0.2) is 0 Å². The third-order valence-corrected chi connectivity index (χ3v) is 3.66. The van der Waals surface area contributed by atoms with Crippen molar-refractivity contribution in [1.82, 2.24) is 5.32 Å². The van der Waals surface area contributed by atoms with E-state index in [4.69, 9.17) is 10.5 Å². The molecule has 0 atom stereocenters. The van der Waals surface area contributed by atoms with Crippen LogP contribution in [0.4, 0.5) is 0 Å². The molecule has 0 aromatic heterocycles. The average molecular weight is 212 g/mol. The van der Waals surface area contributed by atoms with Gasteiger partial charge in [0.25, 0.3) is 0 Å². The number of nitrogens with one attached hydrogen (secondary N) is 1. The number of hydrogen-bond donors (Lipinski definition) is 2. The molecule has 0 spiro atoms. The molecule has 1 saturated heterocycles. The second-order valence-corrected chi connectivity index (χ2v) is 4.84. The van der Waals surface area contributed by atoms with E-state index in [0.29, 0.717) is 25.7 Å². The number of rotatable bonds is 4. The van der Waals surface area contributed by atoms with E-state index in [1.54, 1.807) is 0 Å². The molecule has 3 N–H and O–H groups in total. The van der Waals surface area contributed by atoms with E-state index in [-0.39, 0.29) is 5.91 Å². The normalized spacial score (nSPS) is 24.9. The van der Waals surface area contributed by atoms with Gasteiger partial charge in [-0.1, -0.05) is 12.8 Å². The van der Waals surface area contributed by atoms with Gasteiger partial charge in [-0.15, -0.1) is 0 Å². The second-order valence-electron chi connectivity index (χ2n) is 4.84. The van der Waals surface area contributed by atoms with Gasteiger partial charge in [0.2, 0.25) is 5.91 Å². The number of carbonyl (C=O) groups is 1. The van der Waals surface area contributed by atoms with E-state index in [1.807, 2.05) is 0 Å². The molecule has 0 aromatic carbocycles. The van der Waals surface area contributed by atoms with Crippen LogP contribution in [0.5, 0.6) is 0 Å². The first kappa shape index (κ1) is 10.9. The minimum absolute atomic E-state index is 0.0863. The van der Waals surface area contributed by atoms with E-state index in [0.717, 1.165) is 6.54 Å². The summed E-state index contributed by atoms with van der Waals surface area (Å²) in [6.45, 7) is 2.18. The van der Waals surface area contributed by atoms with Gasteiger partial charge in [0, 0.05) is 13.1 Å². The summed E-state index contributed by atoms with van der Waals surface area (Å²) in [6.07, 6.45) is 5.14. The van der Waals surface area contributed by atoms with Gasteiger partial charge in [-0.05, 0) is 18.8 Å². The summed E-state index contributed by atoms with van der Waals surface area (Å²) < 4.78 is 5.08. The lowest BCUT2D eigenvalue weighted by Crippen LogP contribution is -2.58. The number of hydrogen-bond acceptors (Lipinski definition) is 3. The number of nitrogens with two attached hydrogens (primary N) is 1. The Kier molecular flexibility index (Phi) is 3.26. The summed E-state index contributed by atoms with van der Waals surface area (Å²) in [5.41, 5.74) is 5.19. The fourth-order valence-corrected chi connectivity index (χ4v) is 2.33. The summed E-state index contributed by atoms with van der Waals surface area (Å²) in [5.74, 6) is 0.771. The molecule has 0 radical (unpaired) electrons. The van der Waals surface area contributed by atoms with Crippen molar-refractivity contribution in [2.24, 2.45) is 17.1 Å². The van der Waals surface area contributed by atoms with Crippen LogP contribution >= 0.6 is 0 Å². The largest absolute Gasteiger partial charge is 0.379 e. The Balaban J connectivity index is 1.76. The second kappa shape index (κ2) is 4.49. The Morgan fingerprint density at radius 3 is 2.53 bits per heavy atom. The van der Waals surface area contributed by atoms with Crippen LogP contribution in [0.25, 0.3) is 0 Å². The fourth-order valence-electron chi connectivity index (χ4n) is 2.33. The van der Waals surface area contributed by atoms with Crippen molar-refractivity contribution >= 4 is 5.91 Å². The lowest BCUT2D eigenvalue weighted by atomic mass is 9.85. The van der Waals surface area contributed by atoms with Crippen molar-refractivity contribution < 1.29 is 9.53 Å². The first-order valence-corrected chi connectivity index (χ1v) is 5.83. The van der Waals surface area contributed by atoms with Crippen molar-refractivity contribution in [2.75, 3.05) is 26.3 Å². The number of ether oxygens (including phenoxy) is 1. The predicted molar refractivity (Wildman–Crippen MR) is 57.3 cm³/mol. The van der Waals surface area contributed by atoms with Crippen LogP contribution in [0.3, 0.4) is 0 Å². The topological polar surface area (TPSA) is 64.4 Å². The number of carbonyl (C=O) groups excluding carboxylic acids is 1. The van der Waals surface area contributed by atoms with Crippen LogP contribution in [0, 0.1) is 11.3 Å². The Hall–Kier alpha value is -0.610. The van der Waals surface area contributed by atoms with Gasteiger partial charge in [-0.2, -0.15) is 0 Å². The van der Waals surface area contributed by atoms with Crippen LogP contribution in [0.2, 0.25) is 0 Å². The highest BCUT2D eigenvalue weighted by Crippen LogP contribution is 2.27. The molecule has 15 heavy (non-hydrogen) atoms. The predicted octanol–water partition coefficient (Wildman–Crippen LogP) is 0.268. The summed E-state index contributed by atoms with van der Waals surface area (Å²) in [4.78, 5) is 11.9. The Bertz CT molecular complexity index is 227. The molecular formula is C11H20N2O2. The van der Waals surface area contributed by atoms with E-state index in [1.165, 1.54) is 25.7 Å². The van der Waals surface area contributed by atoms with Crippen LogP contribution in [-0.2, 0) is 9.53 Å². The van der Waals surface area contributed by atoms with E-state index in [9.17, 15) is 4.79 Å². The Morgan fingerprint density at radius 1 is 1.40 bits per heavy atom. The molecular weight excluding hydrogens is 192 g/mol. The lowest BCUT2D eigenvalue weighted by Gasteiger charge is -2.38. The van der Waals surface area contributed by atoms with Crippen LogP contribution in [-0.4, -0.2) is 32.2 Å². The molecule has 1 amide bonds. The zero-order valence-electron chi connectivity index (χ0n) is 9.13. The van der Waals surface area contributed by atoms with E-state index >= 15 is 0 Å². The molecule has 1 saturated carbocycles. The van der Waals surface area contributed by atoms with Gasteiger partial charge in [-0.3, -0.25) is 4.79 Å². The van der Waals surface area contributed by atoms with Crippen molar-refractivity contribution in [3.05, 3.63) is 0 Å². The van der Waals surface area contributed by atoms with E-state index < -0.39 is 5.41 Å². The van der Waals surface area contributed by atoms with Gasteiger partial charge in [0.05, 0.1) is 13.2 Å². The van der Waals surface area contributed by atoms with Crippen molar-refractivity contribution in [3.63, 3.8) is 0 Å². The summed E-state index contributed by atoms with van der Waals surface area (Å²) in [5, 5.41) is 3.02. The average Bonchev–Trinajstić information content (AvgIpc) is 2.66. The maximum atomic E-state index is 11.9. The van der Waals surface area contributed by atoms with Crippen LogP contribution < -0.4 is 11.1 Å². The minimum atomic E-state index is -0.418. The standard InChI is InChI=1S/C11H20N2O2/c12-6-11(7-15-8-11)10(14)13-5-9-3-1-2-4-9/h9H,1-8,12H2,(H,13,14).